The fourth-order valence-electron chi connectivity index (χ4n) is 4.70. The van der Waals surface area contributed by atoms with E-state index >= 15 is 0 Å². The highest BCUT2D eigenvalue weighted by atomic mass is 16.5. The van der Waals surface area contributed by atoms with Crippen molar-refractivity contribution in [1.82, 2.24) is 4.90 Å². The van der Waals surface area contributed by atoms with Crippen molar-refractivity contribution in [3.05, 3.63) is 107 Å². The summed E-state index contributed by atoms with van der Waals surface area (Å²) < 4.78 is 17.3. The number of carbonyl (C=O) groups excluding carboxylic acids is 2. The van der Waals surface area contributed by atoms with Crippen molar-refractivity contribution in [2.75, 3.05) is 13.7 Å². The van der Waals surface area contributed by atoms with E-state index in [4.69, 9.17) is 13.9 Å². The van der Waals surface area contributed by atoms with E-state index < -0.39 is 23.5 Å². The first-order valence-corrected chi connectivity index (χ1v) is 12.6. The lowest BCUT2D eigenvalue weighted by Gasteiger charge is -2.27. The highest BCUT2D eigenvalue weighted by Crippen LogP contribution is 2.43. The normalized spacial score (nSPS) is 15.4. The van der Waals surface area contributed by atoms with Gasteiger partial charge in [-0.05, 0) is 41.8 Å². The number of methoxy groups -OCH3 is 1. The summed E-state index contributed by atoms with van der Waals surface area (Å²) in [4.78, 5) is 28.7. The molecule has 194 valence electrons. The molecule has 1 amide bonds. The number of unbranched alkanes of at least 4 members (excludes halogenated alkanes) is 1. The molecular weight excluding hydrogens is 482 g/mol. The average Bonchev–Trinajstić information content (AvgIpc) is 3.49. The van der Waals surface area contributed by atoms with E-state index in [9.17, 15) is 14.7 Å². The van der Waals surface area contributed by atoms with E-state index in [1.165, 1.54) is 4.90 Å². The Morgan fingerprint density at radius 1 is 1.00 bits per heavy atom. The van der Waals surface area contributed by atoms with Crippen LogP contribution in [0.4, 0.5) is 0 Å². The third-order valence-corrected chi connectivity index (χ3v) is 6.65. The van der Waals surface area contributed by atoms with E-state index in [1.54, 1.807) is 37.4 Å². The summed E-state index contributed by atoms with van der Waals surface area (Å²) in [6, 6.07) is 22.8. The zero-order valence-corrected chi connectivity index (χ0v) is 21.3. The van der Waals surface area contributed by atoms with Crippen molar-refractivity contribution >= 4 is 22.7 Å². The summed E-state index contributed by atoms with van der Waals surface area (Å²) in [7, 11) is 1.54. The molecule has 0 saturated carbocycles. The summed E-state index contributed by atoms with van der Waals surface area (Å²) in [5.41, 5.74) is 1.99. The molecule has 0 radical (unpaired) electrons. The Hall–Kier alpha value is -4.52. The van der Waals surface area contributed by atoms with Crippen LogP contribution in [0.3, 0.4) is 0 Å². The number of hydrogen-bond donors (Lipinski definition) is 1. The number of benzene rings is 3. The quantitative estimate of drug-likeness (QED) is 0.196. The van der Waals surface area contributed by atoms with Gasteiger partial charge >= 0.3 is 0 Å². The number of ether oxygens (including phenoxy) is 2. The van der Waals surface area contributed by atoms with Crippen LogP contribution < -0.4 is 9.47 Å². The van der Waals surface area contributed by atoms with Crippen molar-refractivity contribution in [3.63, 3.8) is 0 Å². The minimum Gasteiger partial charge on any atom is -0.503 e. The van der Waals surface area contributed by atoms with Gasteiger partial charge in [0, 0.05) is 11.9 Å². The molecule has 3 aromatic carbocycles. The molecule has 5 rings (SSSR count). The van der Waals surface area contributed by atoms with Gasteiger partial charge in [-0.2, -0.15) is 0 Å². The molecule has 7 nitrogen and oxygen atoms in total. The van der Waals surface area contributed by atoms with Crippen LogP contribution in [0.25, 0.3) is 11.0 Å². The molecule has 4 aromatic rings. The predicted molar refractivity (Wildman–Crippen MR) is 143 cm³/mol. The van der Waals surface area contributed by atoms with Crippen LogP contribution in [-0.4, -0.2) is 35.4 Å². The number of rotatable bonds is 10. The Morgan fingerprint density at radius 2 is 1.76 bits per heavy atom. The second-order valence-electron chi connectivity index (χ2n) is 9.17. The Kier molecular flexibility index (Phi) is 7.18. The molecule has 7 heteroatoms. The number of aliphatic hydroxyl groups excluding tert-OH is 1. The molecule has 0 fully saturated rings. The minimum atomic E-state index is -0.859. The van der Waals surface area contributed by atoms with Gasteiger partial charge in [-0.15, -0.1) is 0 Å². The number of hydrogen-bond acceptors (Lipinski definition) is 6. The molecule has 1 N–H and O–H groups in total. The number of furan rings is 1. The maximum absolute atomic E-state index is 13.8. The van der Waals surface area contributed by atoms with E-state index in [2.05, 4.69) is 6.92 Å². The Bertz CT molecular complexity index is 1470. The first-order chi connectivity index (χ1) is 18.5. The molecule has 0 spiro atoms. The lowest BCUT2D eigenvalue weighted by atomic mass is 9.94. The number of ketones is 1. The van der Waals surface area contributed by atoms with E-state index in [0.717, 1.165) is 23.8 Å². The zero-order chi connectivity index (χ0) is 26.6. The van der Waals surface area contributed by atoms with Gasteiger partial charge in [0.25, 0.3) is 5.91 Å². The van der Waals surface area contributed by atoms with Gasteiger partial charge in [-0.25, -0.2) is 0 Å². The Labute approximate surface area is 220 Å². The lowest BCUT2D eigenvalue weighted by Crippen LogP contribution is -2.30. The molecule has 1 atom stereocenters. The summed E-state index contributed by atoms with van der Waals surface area (Å²) in [6.45, 7) is 2.83. The Balaban J connectivity index is 1.58. The molecular formula is C31H29NO6. The highest BCUT2D eigenvalue weighted by molar-refractivity contribution is 6.16. The summed E-state index contributed by atoms with van der Waals surface area (Å²) in [5, 5.41) is 11.8. The molecule has 0 aliphatic carbocycles. The SMILES string of the molecule is CCCCOc1ccc(C2C(C(=O)c3cc4ccccc4o3)=C(O)C(=O)N2Cc2ccccc2)cc1OC. The van der Waals surface area contributed by atoms with Crippen molar-refractivity contribution in [3.8, 4) is 11.5 Å². The fraction of sp³-hybridized carbons (Fsp3) is 0.226. The third kappa shape index (κ3) is 4.75. The molecule has 1 aromatic heterocycles. The van der Waals surface area contributed by atoms with Crippen molar-refractivity contribution in [1.29, 1.82) is 0 Å². The van der Waals surface area contributed by atoms with Crippen LogP contribution in [0.1, 0.15) is 47.5 Å². The Morgan fingerprint density at radius 3 is 2.50 bits per heavy atom. The smallest absolute Gasteiger partial charge is 0.290 e. The first-order valence-electron chi connectivity index (χ1n) is 12.6. The number of para-hydroxylation sites is 1. The van der Waals surface area contributed by atoms with Crippen LogP contribution in [0.2, 0.25) is 0 Å². The van der Waals surface area contributed by atoms with Crippen LogP contribution in [0, 0.1) is 0 Å². The molecule has 0 saturated heterocycles. The van der Waals surface area contributed by atoms with Gasteiger partial charge in [-0.3, -0.25) is 9.59 Å². The van der Waals surface area contributed by atoms with Gasteiger partial charge in [-0.1, -0.05) is 67.9 Å². The lowest BCUT2D eigenvalue weighted by molar-refractivity contribution is -0.130. The summed E-state index contributed by atoms with van der Waals surface area (Å²) in [5.74, 6) is -0.651. The largest absolute Gasteiger partial charge is 0.503 e. The third-order valence-electron chi connectivity index (χ3n) is 6.65. The maximum Gasteiger partial charge on any atom is 0.290 e. The van der Waals surface area contributed by atoms with Crippen LogP contribution >= 0.6 is 0 Å². The number of amides is 1. The van der Waals surface area contributed by atoms with Crippen molar-refractivity contribution in [2.24, 2.45) is 0 Å². The number of Topliss-reactive ketones (excluding diaryl/α,β-unsaturated/α-hetero) is 1. The van der Waals surface area contributed by atoms with Crippen LogP contribution in [-0.2, 0) is 11.3 Å². The molecule has 38 heavy (non-hydrogen) atoms. The molecule has 1 unspecified atom stereocenters. The van der Waals surface area contributed by atoms with Crippen LogP contribution in [0.5, 0.6) is 11.5 Å². The molecule has 0 bridgehead atoms. The minimum absolute atomic E-state index is 0.0355. The standard InChI is InChI=1S/C31H29NO6/c1-3-4-16-37-24-15-14-22(18-25(24)36-2)28-27(29(33)26-17-21-12-8-9-13-23(21)38-26)30(34)31(35)32(28)19-20-10-6-5-7-11-20/h5-15,17-18,28,34H,3-4,16,19H2,1-2H3. The van der Waals surface area contributed by atoms with E-state index in [0.29, 0.717) is 29.3 Å². The fourth-order valence-corrected chi connectivity index (χ4v) is 4.70. The second kappa shape index (κ2) is 10.8. The van der Waals surface area contributed by atoms with Gasteiger partial charge < -0.3 is 23.9 Å². The van der Waals surface area contributed by atoms with Crippen molar-refractivity contribution in [2.45, 2.75) is 32.4 Å². The van der Waals surface area contributed by atoms with E-state index in [-0.39, 0.29) is 17.9 Å². The number of aliphatic hydroxyl groups is 1. The predicted octanol–water partition coefficient (Wildman–Crippen LogP) is 6.40. The monoisotopic (exact) mass is 511 g/mol. The first kappa shape index (κ1) is 25.1. The van der Waals surface area contributed by atoms with E-state index in [1.807, 2.05) is 48.5 Å². The van der Waals surface area contributed by atoms with Gasteiger partial charge in [0.05, 0.1) is 25.3 Å². The number of fused-ring (bicyclic) bond motifs is 1. The maximum atomic E-state index is 13.8. The number of nitrogens with zero attached hydrogens (tertiary/aromatic N) is 1. The highest BCUT2D eigenvalue weighted by Gasteiger charge is 2.44. The van der Waals surface area contributed by atoms with Gasteiger partial charge in [0.1, 0.15) is 5.58 Å². The summed E-state index contributed by atoms with van der Waals surface area (Å²) >= 11 is 0. The van der Waals surface area contributed by atoms with Gasteiger partial charge in [0.2, 0.25) is 5.78 Å². The van der Waals surface area contributed by atoms with Gasteiger partial charge in [0.15, 0.2) is 23.0 Å². The molecule has 1 aliphatic heterocycles. The second-order valence-corrected chi connectivity index (χ2v) is 9.17. The zero-order valence-electron chi connectivity index (χ0n) is 21.3. The van der Waals surface area contributed by atoms with Crippen LogP contribution in [0.15, 0.2) is 94.6 Å². The molecule has 2 heterocycles. The number of carbonyl (C=O) groups is 2. The average molecular weight is 512 g/mol. The topological polar surface area (TPSA) is 89.2 Å². The summed E-state index contributed by atoms with van der Waals surface area (Å²) in [6.07, 6.45) is 1.90. The van der Waals surface area contributed by atoms with Crippen molar-refractivity contribution < 1.29 is 28.6 Å². The molecule has 1 aliphatic rings.